The molecule has 3 fully saturated rings. The Balaban J connectivity index is 1.19. The van der Waals surface area contributed by atoms with Crippen molar-refractivity contribution in [1.29, 1.82) is 0 Å². The molecule has 3 aliphatic rings. The minimum Gasteiger partial charge on any atom is -0.467 e. The van der Waals surface area contributed by atoms with E-state index in [1.807, 2.05) is 48.2 Å². The molecule has 41 heavy (non-hydrogen) atoms. The molecule has 0 saturated carbocycles. The van der Waals surface area contributed by atoms with Crippen LogP contribution in [0.3, 0.4) is 0 Å². The van der Waals surface area contributed by atoms with Crippen LogP contribution in [0, 0.1) is 0 Å². The van der Waals surface area contributed by atoms with Gasteiger partial charge in [0.05, 0.1) is 11.9 Å². The van der Waals surface area contributed by atoms with Crippen molar-refractivity contribution in [2.75, 3.05) is 32.5 Å². The maximum atomic E-state index is 10.3. The number of anilines is 1. The van der Waals surface area contributed by atoms with Gasteiger partial charge in [0, 0.05) is 56.2 Å². The number of hydrogen-bond donors (Lipinski definition) is 1. The highest BCUT2D eigenvalue weighted by atomic mass is 16.7. The molecule has 3 aliphatic heterocycles. The topological polar surface area (TPSA) is 98.0 Å². The summed E-state index contributed by atoms with van der Waals surface area (Å²) < 4.78 is 19.0. The Hall–Kier alpha value is -2.99. The Morgan fingerprint density at radius 2 is 1.88 bits per heavy atom. The summed E-state index contributed by atoms with van der Waals surface area (Å²) in [6.45, 7) is 2.81. The Kier molecular flexibility index (Phi) is 8.57. The van der Waals surface area contributed by atoms with E-state index in [4.69, 9.17) is 14.2 Å². The van der Waals surface area contributed by atoms with Crippen LogP contribution in [0.4, 0.5) is 5.82 Å². The third kappa shape index (κ3) is 5.99. The molecular weight excluding hydrogens is 519 g/mol. The lowest BCUT2D eigenvalue weighted by Gasteiger charge is -2.51. The van der Waals surface area contributed by atoms with Crippen molar-refractivity contribution >= 4 is 12.9 Å². The Morgan fingerprint density at radius 1 is 1.05 bits per heavy atom. The van der Waals surface area contributed by atoms with Crippen molar-refractivity contribution in [3.63, 3.8) is 0 Å². The molecule has 0 amide bonds. The first kappa shape index (κ1) is 28.1. The van der Waals surface area contributed by atoms with Crippen LogP contribution in [0.2, 0.25) is 6.82 Å². The van der Waals surface area contributed by atoms with Gasteiger partial charge in [-0.3, -0.25) is 0 Å². The van der Waals surface area contributed by atoms with E-state index in [0.717, 1.165) is 79.8 Å². The van der Waals surface area contributed by atoms with Crippen molar-refractivity contribution in [2.45, 2.75) is 82.5 Å². The molecule has 3 aromatic rings. The highest BCUT2D eigenvalue weighted by Gasteiger charge is 2.42. The largest absolute Gasteiger partial charge is 0.467 e. The van der Waals surface area contributed by atoms with Crippen LogP contribution in [-0.4, -0.2) is 82.5 Å². The van der Waals surface area contributed by atoms with Crippen LogP contribution in [0.5, 0.6) is 5.75 Å². The Bertz CT molecular complexity index is 1280. The quantitative estimate of drug-likeness (QED) is 0.297. The fourth-order valence-electron chi connectivity index (χ4n) is 6.89. The predicted octanol–water partition coefficient (Wildman–Crippen LogP) is 4.62. The lowest BCUT2D eigenvalue weighted by molar-refractivity contribution is -0.0394. The second-order valence-corrected chi connectivity index (χ2v) is 11.6. The van der Waals surface area contributed by atoms with Gasteiger partial charge < -0.3 is 28.9 Å². The molecule has 0 radical (unpaired) electrons. The first-order chi connectivity index (χ1) is 20.0. The third-order valence-electron chi connectivity index (χ3n) is 8.97. The SMILES string of the molecule is COCOc1cc(-c2cnn(C3CCCCO3)c2)ccc1-c1ccc(N(C)C2C[C@H]3CCC[C@@H](C2)N3B(C)O)nn1. The van der Waals surface area contributed by atoms with Gasteiger partial charge in [0.1, 0.15) is 12.0 Å². The van der Waals surface area contributed by atoms with Crippen LogP contribution >= 0.6 is 0 Å². The molecule has 11 heteroatoms. The molecule has 2 bridgehead atoms. The van der Waals surface area contributed by atoms with Crippen LogP contribution < -0.4 is 9.64 Å². The molecule has 5 heterocycles. The van der Waals surface area contributed by atoms with Crippen molar-refractivity contribution in [3.05, 3.63) is 42.7 Å². The van der Waals surface area contributed by atoms with Crippen LogP contribution in [0.25, 0.3) is 22.4 Å². The van der Waals surface area contributed by atoms with Crippen molar-refractivity contribution in [3.8, 4) is 28.1 Å². The number of methoxy groups -OCH3 is 1. The van der Waals surface area contributed by atoms with Gasteiger partial charge in [0.25, 0.3) is 0 Å². The van der Waals surface area contributed by atoms with Crippen LogP contribution in [-0.2, 0) is 9.47 Å². The highest BCUT2D eigenvalue weighted by molar-refractivity contribution is 6.45. The fourth-order valence-corrected chi connectivity index (χ4v) is 6.89. The lowest BCUT2D eigenvalue weighted by atomic mass is 9.71. The second-order valence-electron chi connectivity index (χ2n) is 11.6. The highest BCUT2D eigenvalue weighted by Crippen LogP contribution is 2.38. The summed E-state index contributed by atoms with van der Waals surface area (Å²) in [5.41, 5.74) is 3.60. The van der Waals surface area contributed by atoms with Gasteiger partial charge in [0.2, 0.25) is 0 Å². The average Bonchev–Trinajstić information content (AvgIpc) is 3.50. The van der Waals surface area contributed by atoms with Gasteiger partial charge in [0.15, 0.2) is 12.6 Å². The predicted molar refractivity (Wildman–Crippen MR) is 159 cm³/mol. The lowest BCUT2D eigenvalue weighted by Crippen LogP contribution is -2.60. The molecule has 2 unspecified atom stereocenters. The molecule has 10 nitrogen and oxygen atoms in total. The van der Waals surface area contributed by atoms with Gasteiger partial charge in [-0.15, -0.1) is 10.2 Å². The standard InChI is InChI=1S/C30H41BN6O4/c1-31(38)37-23-7-6-8-24(37)17-25(16-23)35(2)29-13-12-27(33-34-29)26-11-10-21(15-28(26)41-20-39-3)22-18-32-36(19-22)30-9-4-5-14-40-30/h10-13,15,18-19,23-25,30,38H,4-9,14,16-17,20H2,1-3H3/t23-,24+,25?,30?. The summed E-state index contributed by atoms with van der Waals surface area (Å²) in [6, 6.07) is 11.4. The average molecular weight is 561 g/mol. The first-order valence-electron chi connectivity index (χ1n) is 15.0. The number of fused-ring (bicyclic) bond motifs is 2. The minimum absolute atomic E-state index is 0.00158. The number of nitrogens with zero attached hydrogens (tertiary/aromatic N) is 6. The first-order valence-corrected chi connectivity index (χ1v) is 15.0. The molecule has 218 valence electrons. The zero-order valence-electron chi connectivity index (χ0n) is 24.4. The number of piperidine rings is 2. The maximum absolute atomic E-state index is 10.3. The monoisotopic (exact) mass is 560 g/mol. The van der Waals surface area contributed by atoms with Gasteiger partial charge >= 0.3 is 7.05 Å². The summed E-state index contributed by atoms with van der Waals surface area (Å²) in [7, 11) is 3.34. The van der Waals surface area contributed by atoms with Crippen molar-refractivity contribution in [2.24, 2.45) is 0 Å². The van der Waals surface area contributed by atoms with E-state index < -0.39 is 7.05 Å². The van der Waals surface area contributed by atoms with Crippen LogP contribution in [0.1, 0.15) is 57.6 Å². The van der Waals surface area contributed by atoms with E-state index in [1.54, 1.807) is 7.11 Å². The van der Waals surface area contributed by atoms with Gasteiger partial charge in [-0.2, -0.15) is 5.10 Å². The van der Waals surface area contributed by atoms with Crippen molar-refractivity contribution < 1.29 is 19.2 Å². The molecule has 2 aromatic heterocycles. The molecule has 6 rings (SSSR count). The van der Waals surface area contributed by atoms with E-state index >= 15 is 0 Å². The number of hydrogen-bond acceptors (Lipinski definition) is 9. The normalized spacial score (nSPS) is 24.7. The van der Waals surface area contributed by atoms with Gasteiger partial charge in [-0.1, -0.05) is 12.5 Å². The minimum atomic E-state index is -0.390. The van der Waals surface area contributed by atoms with Gasteiger partial charge in [-0.05, 0) is 81.6 Å². The second kappa shape index (κ2) is 12.5. The summed E-state index contributed by atoms with van der Waals surface area (Å²) in [4.78, 5) is 4.59. The van der Waals surface area contributed by atoms with E-state index in [2.05, 4.69) is 38.1 Å². The molecule has 1 aromatic carbocycles. The molecular formula is C30H41BN6O4. The zero-order valence-corrected chi connectivity index (χ0v) is 24.4. The molecule has 1 N–H and O–H groups in total. The van der Waals surface area contributed by atoms with E-state index in [1.165, 1.54) is 6.42 Å². The smallest absolute Gasteiger partial charge is 0.376 e. The van der Waals surface area contributed by atoms with E-state index in [0.29, 0.717) is 23.9 Å². The summed E-state index contributed by atoms with van der Waals surface area (Å²) in [5.74, 6) is 1.54. The van der Waals surface area contributed by atoms with Crippen molar-refractivity contribution in [1.82, 2.24) is 24.8 Å². The van der Waals surface area contributed by atoms with E-state index in [-0.39, 0.29) is 13.0 Å². The molecule has 4 atom stereocenters. The molecule has 3 saturated heterocycles. The number of benzene rings is 1. The van der Waals surface area contributed by atoms with Gasteiger partial charge in [-0.25, -0.2) is 4.68 Å². The Labute approximate surface area is 242 Å². The fraction of sp³-hybridized carbons (Fsp3) is 0.567. The zero-order chi connectivity index (χ0) is 28.3. The van der Waals surface area contributed by atoms with E-state index in [9.17, 15) is 5.02 Å². The third-order valence-corrected chi connectivity index (χ3v) is 8.97. The van der Waals surface area contributed by atoms with Crippen LogP contribution in [0.15, 0.2) is 42.7 Å². The Morgan fingerprint density at radius 3 is 2.56 bits per heavy atom. The molecule has 0 aliphatic carbocycles. The summed E-state index contributed by atoms with van der Waals surface area (Å²) >= 11 is 0. The summed E-state index contributed by atoms with van der Waals surface area (Å²) in [5, 5.41) is 24.2. The number of aromatic nitrogens is 4. The number of rotatable bonds is 9. The number of ether oxygens (including phenoxy) is 3. The molecule has 0 spiro atoms. The maximum Gasteiger partial charge on any atom is 0.376 e. The summed E-state index contributed by atoms with van der Waals surface area (Å²) in [6.07, 6.45) is 12.7.